The number of hydrogen-bond donors (Lipinski definition) is 2. The zero-order chi connectivity index (χ0) is 19.3. The number of benzene rings is 2. The van der Waals surface area contributed by atoms with Crippen LogP contribution >= 0.6 is 0 Å². The van der Waals surface area contributed by atoms with Crippen LogP contribution in [0.5, 0.6) is 0 Å². The number of piperidine rings is 1. The van der Waals surface area contributed by atoms with E-state index in [-0.39, 0.29) is 17.4 Å². The first-order valence-electron chi connectivity index (χ1n) is 9.64. The highest BCUT2D eigenvalue weighted by atomic mass is 16.3. The third-order valence-corrected chi connectivity index (χ3v) is 6.43. The molecular formula is C22H22N4O2. The highest BCUT2D eigenvalue weighted by molar-refractivity contribution is 6.04. The second kappa shape index (κ2) is 6.36. The molecule has 5 rings (SSSR count). The molecule has 6 heteroatoms. The molecule has 6 nitrogen and oxygen atoms in total. The van der Waals surface area contributed by atoms with Crippen LogP contribution in [0.3, 0.4) is 0 Å². The Morgan fingerprint density at radius 3 is 2.64 bits per heavy atom. The standard InChI is InChI=1S/C22H22N4O2/c23-18-14-4-1-2-6-16(14)22(20(18)27)8-12-26(13-9-22)21(28)15-5-3-7-17-19(15)25-11-10-24-17/h1-7,10-11,18,20,27H,8-9,12-13,23H2/t18-,20+/m1/s1. The first-order valence-corrected chi connectivity index (χ1v) is 9.64. The van der Waals surface area contributed by atoms with E-state index in [0.29, 0.717) is 42.5 Å². The van der Waals surface area contributed by atoms with E-state index in [4.69, 9.17) is 5.73 Å². The summed E-state index contributed by atoms with van der Waals surface area (Å²) in [5.41, 5.74) is 10.0. The Labute approximate surface area is 163 Å². The van der Waals surface area contributed by atoms with E-state index in [1.54, 1.807) is 18.5 Å². The largest absolute Gasteiger partial charge is 0.390 e. The third-order valence-electron chi connectivity index (χ3n) is 6.43. The lowest BCUT2D eigenvalue weighted by Gasteiger charge is -2.42. The summed E-state index contributed by atoms with van der Waals surface area (Å²) in [6, 6.07) is 13.2. The molecule has 1 spiro atoms. The summed E-state index contributed by atoms with van der Waals surface area (Å²) in [4.78, 5) is 23.7. The van der Waals surface area contributed by atoms with E-state index in [0.717, 1.165) is 11.1 Å². The van der Waals surface area contributed by atoms with Crippen molar-refractivity contribution in [3.63, 3.8) is 0 Å². The predicted octanol–water partition coefficient (Wildman–Crippen LogP) is 2.18. The number of amides is 1. The van der Waals surface area contributed by atoms with Gasteiger partial charge in [-0.25, -0.2) is 0 Å². The summed E-state index contributed by atoms with van der Waals surface area (Å²) in [7, 11) is 0. The Morgan fingerprint density at radius 2 is 1.82 bits per heavy atom. The molecule has 0 bridgehead atoms. The predicted molar refractivity (Wildman–Crippen MR) is 106 cm³/mol. The Hall–Kier alpha value is -2.83. The topological polar surface area (TPSA) is 92.3 Å². The van der Waals surface area contributed by atoms with Gasteiger partial charge in [-0.2, -0.15) is 0 Å². The van der Waals surface area contributed by atoms with Gasteiger partial charge in [-0.15, -0.1) is 0 Å². The lowest BCUT2D eigenvalue weighted by Crippen LogP contribution is -2.50. The van der Waals surface area contributed by atoms with Crippen molar-refractivity contribution in [2.24, 2.45) is 5.73 Å². The highest BCUT2D eigenvalue weighted by Crippen LogP contribution is 2.50. The Bertz CT molecular complexity index is 1050. The smallest absolute Gasteiger partial charge is 0.256 e. The molecule has 1 aromatic heterocycles. The average Bonchev–Trinajstić information content (AvgIpc) is 2.96. The minimum absolute atomic E-state index is 0.0361. The highest BCUT2D eigenvalue weighted by Gasteiger charge is 2.51. The molecule has 1 aliphatic carbocycles. The lowest BCUT2D eigenvalue weighted by atomic mass is 9.72. The number of para-hydroxylation sites is 1. The molecule has 1 amide bonds. The van der Waals surface area contributed by atoms with E-state index in [9.17, 15) is 9.90 Å². The summed E-state index contributed by atoms with van der Waals surface area (Å²) in [5.74, 6) is -0.0361. The number of carbonyl (C=O) groups excluding carboxylic acids is 1. The van der Waals surface area contributed by atoms with Crippen LogP contribution in [0.25, 0.3) is 11.0 Å². The first-order chi connectivity index (χ1) is 13.6. The second-order valence-corrected chi connectivity index (χ2v) is 7.74. The summed E-state index contributed by atoms with van der Waals surface area (Å²) < 4.78 is 0. The van der Waals surface area contributed by atoms with Crippen molar-refractivity contribution in [2.45, 2.75) is 30.4 Å². The van der Waals surface area contributed by atoms with Gasteiger partial charge >= 0.3 is 0 Å². The van der Waals surface area contributed by atoms with Gasteiger partial charge < -0.3 is 15.7 Å². The van der Waals surface area contributed by atoms with Crippen LogP contribution in [0.4, 0.5) is 0 Å². The van der Waals surface area contributed by atoms with Crippen molar-refractivity contribution < 1.29 is 9.90 Å². The maximum Gasteiger partial charge on any atom is 0.256 e. The van der Waals surface area contributed by atoms with E-state index in [1.165, 1.54) is 0 Å². The molecular weight excluding hydrogens is 352 g/mol. The Kier molecular flexibility index (Phi) is 3.92. The van der Waals surface area contributed by atoms with Crippen LogP contribution in [0.15, 0.2) is 54.9 Å². The van der Waals surface area contributed by atoms with Crippen LogP contribution in [-0.2, 0) is 5.41 Å². The molecule has 0 radical (unpaired) electrons. The van der Waals surface area contributed by atoms with Crippen molar-refractivity contribution in [2.75, 3.05) is 13.1 Å². The third kappa shape index (κ3) is 2.38. The lowest BCUT2D eigenvalue weighted by molar-refractivity contribution is 0.0263. The van der Waals surface area contributed by atoms with Gasteiger partial charge in [0, 0.05) is 30.9 Å². The van der Waals surface area contributed by atoms with E-state index >= 15 is 0 Å². The van der Waals surface area contributed by atoms with Gasteiger partial charge in [-0.05, 0) is 36.1 Å². The molecule has 1 fully saturated rings. The summed E-state index contributed by atoms with van der Waals surface area (Å²) in [6.07, 6.45) is 4.01. The maximum absolute atomic E-state index is 13.2. The fourth-order valence-corrected chi connectivity index (χ4v) is 4.92. The van der Waals surface area contributed by atoms with Crippen LogP contribution in [0.2, 0.25) is 0 Å². The van der Waals surface area contributed by atoms with Crippen molar-refractivity contribution in [3.05, 3.63) is 71.5 Å². The number of fused-ring (bicyclic) bond motifs is 3. The first kappa shape index (κ1) is 17.3. The number of likely N-dealkylation sites (tertiary alicyclic amines) is 1. The minimum Gasteiger partial charge on any atom is -0.390 e. The van der Waals surface area contributed by atoms with Crippen molar-refractivity contribution >= 4 is 16.9 Å². The quantitative estimate of drug-likeness (QED) is 0.681. The van der Waals surface area contributed by atoms with Gasteiger partial charge in [-0.3, -0.25) is 14.8 Å². The van der Waals surface area contributed by atoms with E-state index in [2.05, 4.69) is 16.0 Å². The number of nitrogens with two attached hydrogens (primary N) is 1. The number of aromatic nitrogens is 2. The number of hydrogen-bond acceptors (Lipinski definition) is 5. The molecule has 0 unspecified atom stereocenters. The maximum atomic E-state index is 13.2. The molecule has 3 aromatic rings. The molecule has 2 heterocycles. The van der Waals surface area contributed by atoms with Gasteiger partial charge in [-0.1, -0.05) is 30.3 Å². The van der Waals surface area contributed by atoms with Crippen molar-refractivity contribution in [3.8, 4) is 0 Å². The van der Waals surface area contributed by atoms with Crippen LogP contribution in [0, 0.1) is 0 Å². The molecule has 3 N–H and O–H groups in total. The van der Waals surface area contributed by atoms with Crippen molar-refractivity contribution in [1.29, 1.82) is 0 Å². The van der Waals surface area contributed by atoms with Gasteiger partial charge in [0.2, 0.25) is 0 Å². The van der Waals surface area contributed by atoms with Gasteiger partial charge in [0.25, 0.3) is 5.91 Å². The number of carbonyl (C=O) groups is 1. The van der Waals surface area contributed by atoms with Crippen molar-refractivity contribution in [1.82, 2.24) is 14.9 Å². The van der Waals surface area contributed by atoms with Gasteiger partial charge in [0.15, 0.2) is 0 Å². The number of aliphatic hydroxyl groups excluding tert-OH is 1. The SMILES string of the molecule is N[C@@H]1c2ccccc2C2(CCN(C(=O)c3cccc4nccnc34)CC2)[C@H]1O. The summed E-state index contributed by atoms with van der Waals surface area (Å²) in [6.45, 7) is 1.15. The Morgan fingerprint density at radius 1 is 1.07 bits per heavy atom. The normalized spacial score (nSPS) is 23.1. The van der Waals surface area contributed by atoms with E-state index < -0.39 is 6.10 Å². The van der Waals surface area contributed by atoms with E-state index in [1.807, 2.05) is 35.2 Å². The van der Waals surface area contributed by atoms with Crippen LogP contribution in [-0.4, -0.2) is 45.1 Å². The number of rotatable bonds is 1. The molecule has 2 aliphatic rings. The van der Waals surface area contributed by atoms with Gasteiger partial charge in [0.05, 0.1) is 23.2 Å². The summed E-state index contributed by atoms with van der Waals surface area (Å²) >= 11 is 0. The molecule has 1 saturated heterocycles. The second-order valence-electron chi connectivity index (χ2n) is 7.74. The molecule has 0 saturated carbocycles. The molecule has 142 valence electrons. The fourth-order valence-electron chi connectivity index (χ4n) is 4.92. The monoisotopic (exact) mass is 374 g/mol. The molecule has 1 aliphatic heterocycles. The average molecular weight is 374 g/mol. The number of nitrogens with zero attached hydrogens (tertiary/aromatic N) is 3. The Balaban J connectivity index is 1.43. The summed E-state index contributed by atoms with van der Waals surface area (Å²) in [5, 5.41) is 10.9. The zero-order valence-electron chi connectivity index (χ0n) is 15.5. The zero-order valence-corrected chi connectivity index (χ0v) is 15.5. The fraction of sp³-hybridized carbons (Fsp3) is 0.318. The molecule has 2 atom stereocenters. The van der Waals surface area contributed by atoms with Gasteiger partial charge in [0.1, 0.15) is 5.52 Å². The van der Waals surface area contributed by atoms with Crippen LogP contribution in [0.1, 0.15) is 40.4 Å². The number of aliphatic hydroxyl groups is 1. The minimum atomic E-state index is -0.620. The molecule has 28 heavy (non-hydrogen) atoms. The molecule has 2 aromatic carbocycles. The van der Waals surface area contributed by atoms with Crippen LogP contribution < -0.4 is 5.73 Å².